The van der Waals surface area contributed by atoms with E-state index in [0.717, 1.165) is 13.0 Å². The van der Waals surface area contributed by atoms with Crippen LogP contribution in [0.3, 0.4) is 0 Å². The Morgan fingerprint density at radius 3 is 2.79 bits per heavy atom. The van der Waals surface area contributed by atoms with E-state index in [4.69, 9.17) is 0 Å². The maximum Gasteiger partial charge on any atom is 0.224 e. The number of rotatable bonds is 6. The number of nitrogens with zero attached hydrogens (tertiary/aromatic N) is 3. The molecule has 1 amide bonds. The van der Waals surface area contributed by atoms with E-state index in [-0.39, 0.29) is 24.0 Å². The molecule has 7 nitrogen and oxygen atoms in total. The maximum absolute atomic E-state index is 12.1. The number of sulfone groups is 1. The molecule has 1 aliphatic heterocycles. The van der Waals surface area contributed by atoms with Gasteiger partial charge in [-0.1, -0.05) is 30.3 Å². The van der Waals surface area contributed by atoms with Gasteiger partial charge in [0.15, 0.2) is 15.7 Å². The van der Waals surface area contributed by atoms with Crippen LogP contribution in [0.5, 0.6) is 0 Å². The third-order valence-electron chi connectivity index (χ3n) is 4.20. The number of nitrogens with one attached hydrogen (secondary N) is 1. The van der Waals surface area contributed by atoms with Gasteiger partial charge in [-0.3, -0.25) is 4.79 Å². The van der Waals surface area contributed by atoms with Crippen molar-refractivity contribution >= 4 is 15.7 Å². The lowest BCUT2D eigenvalue weighted by molar-refractivity contribution is -0.124. The van der Waals surface area contributed by atoms with E-state index in [9.17, 15) is 13.2 Å². The quantitative estimate of drug-likeness (QED) is 0.824. The Labute approximate surface area is 141 Å². The normalized spacial score (nSPS) is 19.2. The van der Waals surface area contributed by atoms with Crippen LogP contribution in [0, 0.1) is 5.92 Å². The summed E-state index contributed by atoms with van der Waals surface area (Å²) in [6.45, 7) is 0.976. The highest BCUT2D eigenvalue weighted by Gasteiger charge is 2.32. The van der Waals surface area contributed by atoms with E-state index >= 15 is 0 Å². The van der Waals surface area contributed by atoms with Crippen molar-refractivity contribution in [2.75, 3.05) is 11.5 Å². The maximum atomic E-state index is 12.1. The number of aromatic nitrogens is 3. The van der Waals surface area contributed by atoms with Gasteiger partial charge in [-0.15, -0.1) is 10.2 Å². The van der Waals surface area contributed by atoms with Gasteiger partial charge in [-0.05, 0) is 18.4 Å². The molecule has 1 aromatic carbocycles. The van der Waals surface area contributed by atoms with Crippen molar-refractivity contribution in [2.45, 2.75) is 25.9 Å². The second kappa shape index (κ2) is 7.12. The lowest BCUT2D eigenvalue weighted by Crippen LogP contribution is -2.32. The van der Waals surface area contributed by atoms with Crippen molar-refractivity contribution in [3.8, 4) is 0 Å². The molecule has 1 fully saturated rings. The molecule has 128 valence electrons. The van der Waals surface area contributed by atoms with Crippen molar-refractivity contribution < 1.29 is 13.2 Å². The minimum absolute atomic E-state index is 0.0560. The molecule has 3 rings (SSSR count). The van der Waals surface area contributed by atoms with Gasteiger partial charge in [0.05, 0.1) is 24.0 Å². The van der Waals surface area contributed by atoms with E-state index < -0.39 is 15.8 Å². The zero-order chi connectivity index (χ0) is 17.0. The van der Waals surface area contributed by atoms with E-state index in [2.05, 4.69) is 27.6 Å². The second-order valence-corrected chi connectivity index (χ2v) is 8.22. The molecule has 1 saturated heterocycles. The second-order valence-electron chi connectivity index (χ2n) is 5.99. The van der Waals surface area contributed by atoms with E-state index in [1.54, 1.807) is 6.33 Å². The SMILES string of the molecule is O=C(NCc1nncn1CCc1ccccc1)[C@@H]1CCS(=O)(=O)C1. The fourth-order valence-electron chi connectivity index (χ4n) is 2.81. The minimum Gasteiger partial charge on any atom is -0.349 e. The molecule has 8 heteroatoms. The fraction of sp³-hybridized carbons (Fsp3) is 0.438. The van der Waals surface area contributed by atoms with Crippen LogP contribution in [0.15, 0.2) is 36.7 Å². The highest BCUT2D eigenvalue weighted by atomic mass is 32.2. The molecule has 0 aliphatic carbocycles. The first-order valence-electron chi connectivity index (χ1n) is 7.92. The Morgan fingerprint density at radius 1 is 1.29 bits per heavy atom. The first-order chi connectivity index (χ1) is 11.5. The number of aryl methyl sites for hydroxylation is 2. The average molecular weight is 348 g/mol. The van der Waals surface area contributed by atoms with E-state index in [1.807, 2.05) is 22.8 Å². The molecule has 0 unspecified atom stereocenters. The van der Waals surface area contributed by atoms with Gasteiger partial charge in [0.25, 0.3) is 0 Å². The Morgan fingerprint density at radius 2 is 2.08 bits per heavy atom. The van der Waals surface area contributed by atoms with Crippen molar-refractivity contribution in [2.24, 2.45) is 5.92 Å². The number of amides is 1. The molecule has 24 heavy (non-hydrogen) atoms. The van der Waals surface area contributed by atoms with Crippen LogP contribution in [-0.2, 0) is 34.1 Å². The number of hydrogen-bond donors (Lipinski definition) is 1. The first kappa shape index (κ1) is 16.6. The van der Waals surface area contributed by atoms with Gasteiger partial charge in [-0.2, -0.15) is 0 Å². The van der Waals surface area contributed by atoms with Crippen LogP contribution < -0.4 is 5.32 Å². The van der Waals surface area contributed by atoms with Gasteiger partial charge in [0.1, 0.15) is 6.33 Å². The molecule has 0 saturated carbocycles. The summed E-state index contributed by atoms with van der Waals surface area (Å²) in [5.74, 6) is 0.0298. The molecule has 1 N–H and O–H groups in total. The Kier molecular flexibility index (Phi) is 4.94. The van der Waals surface area contributed by atoms with Gasteiger partial charge >= 0.3 is 0 Å². The van der Waals surface area contributed by atoms with Gasteiger partial charge in [-0.25, -0.2) is 8.42 Å². The lowest BCUT2D eigenvalue weighted by atomic mass is 10.1. The highest BCUT2D eigenvalue weighted by Crippen LogP contribution is 2.18. The number of benzene rings is 1. The first-order valence-corrected chi connectivity index (χ1v) is 9.74. The number of carbonyl (C=O) groups is 1. The molecule has 1 atom stereocenters. The smallest absolute Gasteiger partial charge is 0.224 e. The van der Waals surface area contributed by atoms with Crippen molar-refractivity contribution in [1.29, 1.82) is 0 Å². The van der Waals surface area contributed by atoms with Crippen LogP contribution in [0.4, 0.5) is 0 Å². The van der Waals surface area contributed by atoms with Gasteiger partial charge in [0, 0.05) is 6.54 Å². The average Bonchev–Trinajstić information content (AvgIpc) is 3.17. The Hall–Kier alpha value is -2.22. The highest BCUT2D eigenvalue weighted by molar-refractivity contribution is 7.91. The van der Waals surface area contributed by atoms with E-state index in [0.29, 0.717) is 12.2 Å². The Balaban J connectivity index is 1.53. The predicted octanol–water partition coefficient (Wildman–Crippen LogP) is 0.572. The molecule has 0 bridgehead atoms. The van der Waals surface area contributed by atoms with Gasteiger partial charge < -0.3 is 9.88 Å². The summed E-state index contributed by atoms with van der Waals surface area (Å²) in [6, 6.07) is 10.1. The third-order valence-corrected chi connectivity index (χ3v) is 5.97. The van der Waals surface area contributed by atoms with Crippen molar-refractivity contribution in [3.63, 3.8) is 0 Å². The Bertz CT molecular complexity index is 802. The standard InChI is InChI=1S/C16H20N4O3S/c21-16(14-7-9-24(22,23)11-14)17-10-15-19-18-12-20(15)8-6-13-4-2-1-3-5-13/h1-5,12,14H,6-11H2,(H,17,21)/t14-/m1/s1. The molecular formula is C16H20N4O3S. The van der Waals surface area contributed by atoms with Crippen LogP contribution in [0.2, 0.25) is 0 Å². The summed E-state index contributed by atoms with van der Waals surface area (Å²) in [6.07, 6.45) is 2.89. The van der Waals surface area contributed by atoms with Crippen LogP contribution in [0.25, 0.3) is 0 Å². The largest absolute Gasteiger partial charge is 0.349 e. The summed E-state index contributed by atoms with van der Waals surface area (Å²) in [5, 5.41) is 10.7. The summed E-state index contributed by atoms with van der Waals surface area (Å²) in [7, 11) is -3.05. The monoisotopic (exact) mass is 348 g/mol. The minimum atomic E-state index is -3.05. The summed E-state index contributed by atoms with van der Waals surface area (Å²) >= 11 is 0. The van der Waals surface area contributed by atoms with Crippen LogP contribution in [-0.4, -0.2) is 40.6 Å². The molecule has 2 aromatic rings. The fourth-order valence-corrected chi connectivity index (χ4v) is 4.55. The van der Waals surface area contributed by atoms with Gasteiger partial charge in [0.2, 0.25) is 5.91 Å². The topological polar surface area (TPSA) is 93.9 Å². The summed E-state index contributed by atoms with van der Waals surface area (Å²) in [5.41, 5.74) is 1.22. The zero-order valence-corrected chi connectivity index (χ0v) is 14.1. The number of hydrogen-bond acceptors (Lipinski definition) is 5. The zero-order valence-electron chi connectivity index (χ0n) is 13.3. The molecule has 1 aromatic heterocycles. The molecule has 0 spiro atoms. The van der Waals surface area contributed by atoms with Crippen molar-refractivity contribution in [3.05, 3.63) is 48.0 Å². The number of carbonyl (C=O) groups excluding carboxylic acids is 1. The molecule has 2 heterocycles. The molecular weight excluding hydrogens is 328 g/mol. The molecule has 0 radical (unpaired) electrons. The van der Waals surface area contributed by atoms with Crippen molar-refractivity contribution in [1.82, 2.24) is 20.1 Å². The van der Waals surface area contributed by atoms with E-state index in [1.165, 1.54) is 5.56 Å². The van der Waals surface area contributed by atoms with Crippen LogP contribution in [0.1, 0.15) is 17.8 Å². The third kappa shape index (κ3) is 4.19. The predicted molar refractivity (Wildman–Crippen MR) is 88.8 cm³/mol. The van der Waals surface area contributed by atoms with Crippen LogP contribution >= 0.6 is 0 Å². The summed E-state index contributed by atoms with van der Waals surface area (Å²) < 4.78 is 24.8. The molecule has 1 aliphatic rings. The summed E-state index contributed by atoms with van der Waals surface area (Å²) in [4.78, 5) is 12.1. The lowest BCUT2D eigenvalue weighted by Gasteiger charge is -2.10.